The molecule has 1 atom stereocenters. The second kappa shape index (κ2) is 6.27. The largest absolute Gasteiger partial charge is 0.340 e. The van der Waals surface area contributed by atoms with E-state index in [1.54, 1.807) is 0 Å². The maximum absolute atomic E-state index is 4.57. The number of hydrogen-bond acceptors (Lipinski definition) is 3. The van der Waals surface area contributed by atoms with Crippen molar-refractivity contribution >= 4 is 11.5 Å². The van der Waals surface area contributed by atoms with Gasteiger partial charge in [-0.25, -0.2) is 4.98 Å². The molecule has 1 aliphatic rings. The number of rotatable bonds is 4. The molecule has 2 aromatic rings. The minimum absolute atomic E-state index is 0.531. The summed E-state index contributed by atoms with van der Waals surface area (Å²) in [4.78, 5) is 7.15. The topological polar surface area (TPSA) is 28.2 Å². The molecule has 1 aromatic carbocycles. The van der Waals surface area contributed by atoms with Gasteiger partial charge in [-0.1, -0.05) is 24.3 Å². The van der Waals surface area contributed by atoms with Crippen LogP contribution in [0.25, 0.3) is 0 Å². The van der Waals surface area contributed by atoms with Crippen molar-refractivity contribution in [2.45, 2.75) is 38.8 Å². The van der Waals surface area contributed by atoms with Gasteiger partial charge in [0, 0.05) is 24.0 Å². The highest BCUT2D eigenvalue weighted by atomic mass is 15.2. The molecular formula is C18H23N3. The zero-order valence-corrected chi connectivity index (χ0v) is 12.8. The van der Waals surface area contributed by atoms with Crippen LogP contribution in [0.4, 0.5) is 11.5 Å². The Morgan fingerprint density at radius 2 is 1.95 bits per heavy atom. The monoisotopic (exact) mass is 281 g/mol. The summed E-state index contributed by atoms with van der Waals surface area (Å²) in [5.74, 6) is 0.902. The Balaban J connectivity index is 1.72. The van der Waals surface area contributed by atoms with Crippen LogP contribution in [0.3, 0.4) is 0 Å². The minimum atomic E-state index is 0.531. The molecule has 0 aliphatic carbocycles. The minimum Gasteiger partial charge on any atom is -0.340 e. The molecular weight excluding hydrogens is 258 g/mol. The van der Waals surface area contributed by atoms with E-state index >= 15 is 0 Å². The maximum atomic E-state index is 4.57. The Kier molecular flexibility index (Phi) is 4.20. The lowest BCUT2D eigenvalue weighted by Crippen LogP contribution is -2.30. The summed E-state index contributed by atoms with van der Waals surface area (Å²) in [6.07, 6.45) is 4.55. The van der Waals surface area contributed by atoms with E-state index in [1.165, 1.54) is 24.9 Å². The van der Waals surface area contributed by atoms with Crippen molar-refractivity contribution < 1.29 is 0 Å². The predicted octanol–water partition coefficient (Wildman–Crippen LogP) is 4.37. The first kappa shape index (κ1) is 14.1. The van der Waals surface area contributed by atoms with Gasteiger partial charge in [-0.05, 0) is 57.0 Å². The van der Waals surface area contributed by atoms with Gasteiger partial charge in [-0.15, -0.1) is 0 Å². The molecule has 3 rings (SSSR count). The van der Waals surface area contributed by atoms with Gasteiger partial charge in [0.2, 0.25) is 0 Å². The Morgan fingerprint density at radius 3 is 2.62 bits per heavy atom. The fourth-order valence-corrected chi connectivity index (χ4v) is 3.11. The molecule has 0 amide bonds. The first-order chi connectivity index (χ1) is 10.2. The molecule has 21 heavy (non-hydrogen) atoms. The van der Waals surface area contributed by atoms with E-state index in [1.807, 2.05) is 36.5 Å². The maximum Gasteiger partial charge on any atom is 0.130 e. The van der Waals surface area contributed by atoms with Gasteiger partial charge < -0.3 is 5.32 Å². The normalized spacial score (nSPS) is 19.1. The van der Waals surface area contributed by atoms with Crippen LogP contribution in [-0.4, -0.2) is 22.5 Å². The molecule has 110 valence electrons. The van der Waals surface area contributed by atoms with Crippen LogP contribution in [0, 0.1) is 0 Å². The van der Waals surface area contributed by atoms with Gasteiger partial charge in [-0.2, -0.15) is 0 Å². The first-order valence-corrected chi connectivity index (χ1v) is 7.78. The zero-order chi connectivity index (χ0) is 14.7. The second-order valence-corrected chi connectivity index (χ2v) is 5.96. The van der Waals surface area contributed by atoms with Crippen LogP contribution in [-0.2, 0) is 0 Å². The van der Waals surface area contributed by atoms with Crippen LogP contribution in [0.15, 0.2) is 48.7 Å². The number of benzene rings is 1. The SMILES string of the molecule is CC(C)N1CCCC1c1ccc(Nc2ccccc2)nc1. The smallest absolute Gasteiger partial charge is 0.130 e. The molecule has 3 nitrogen and oxygen atoms in total. The summed E-state index contributed by atoms with van der Waals surface area (Å²) < 4.78 is 0. The van der Waals surface area contributed by atoms with Gasteiger partial charge in [0.15, 0.2) is 0 Å². The third-order valence-corrected chi connectivity index (χ3v) is 4.17. The van der Waals surface area contributed by atoms with Crippen molar-refractivity contribution in [3.63, 3.8) is 0 Å². The molecule has 1 saturated heterocycles. The summed E-state index contributed by atoms with van der Waals surface area (Å²) in [7, 11) is 0. The predicted molar refractivity (Wildman–Crippen MR) is 87.8 cm³/mol. The second-order valence-electron chi connectivity index (χ2n) is 5.96. The molecule has 0 radical (unpaired) electrons. The number of para-hydroxylation sites is 1. The van der Waals surface area contributed by atoms with E-state index in [0.29, 0.717) is 12.1 Å². The van der Waals surface area contributed by atoms with Crippen LogP contribution < -0.4 is 5.32 Å². The first-order valence-electron chi connectivity index (χ1n) is 7.78. The fraction of sp³-hybridized carbons (Fsp3) is 0.389. The number of nitrogens with one attached hydrogen (secondary N) is 1. The van der Waals surface area contributed by atoms with E-state index < -0.39 is 0 Å². The van der Waals surface area contributed by atoms with Crippen LogP contribution in [0.1, 0.15) is 38.3 Å². The Morgan fingerprint density at radius 1 is 1.14 bits per heavy atom. The average Bonchev–Trinajstić information content (AvgIpc) is 2.99. The van der Waals surface area contributed by atoms with E-state index in [0.717, 1.165) is 11.5 Å². The third kappa shape index (κ3) is 3.24. The summed E-state index contributed by atoms with van der Waals surface area (Å²) in [6.45, 7) is 5.75. The number of nitrogens with zero attached hydrogens (tertiary/aromatic N) is 2. The quantitative estimate of drug-likeness (QED) is 0.902. The highest BCUT2D eigenvalue weighted by molar-refractivity contribution is 5.55. The fourth-order valence-electron chi connectivity index (χ4n) is 3.11. The number of aromatic nitrogens is 1. The number of anilines is 2. The molecule has 2 heterocycles. The molecule has 0 bridgehead atoms. The van der Waals surface area contributed by atoms with Crippen LogP contribution >= 0.6 is 0 Å². The van der Waals surface area contributed by atoms with Gasteiger partial charge >= 0.3 is 0 Å². The molecule has 3 heteroatoms. The number of likely N-dealkylation sites (tertiary alicyclic amines) is 1. The van der Waals surface area contributed by atoms with Crippen LogP contribution in [0.2, 0.25) is 0 Å². The molecule has 1 fully saturated rings. The van der Waals surface area contributed by atoms with Crippen molar-refractivity contribution in [1.29, 1.82) is 0 Å². The van der Waals surface area contributed by atoms with Crippen molar-refractivity contribution in [2.24, 2.45) is 0 Å². The average molecular weight is 281 g/mol. The molecule has 1 unspecified atom stereocenters. The molecule has 0 saturated carbocycles. The highest BCUT2D eigenvalue weighted by Gasteiger charge is 2.27. The van der Waals surface area contributed by atoms with Gasteiger partial charge in [-0.3, -0.25) is 4.90 Å². The van der Waals surface area contributed by atoms with Gasteiger partial charge in [0.05, 0.1) is 0 Å². The zero-order valence-electron chi connectivity index (χ0n) is 12.8. The van der Waals surface area contributed by atoms with Crippen molar-refractivity contribution in [1.82, 2.24) is 9.88 Å². The molecule has 1 aliphatic heterocycles. The van der Waals surface area contributed by atoms with E-state index in [9.17, 15) is 0 Å². The summed E-state index contributed by atoms with van der Waals surface area (Å²) in [6, 6.07) is 15.6. The Labute approximate surface area is 127 Å². The van der Waals surface area contributed by atoms with Gasteiger partial charge in [0.25, 0.3) is 0 Å². The van der Waals surface area contributed by atoms with E-state index in [4.69, 9.17) is 0 Å². The standard InChI is InChI=1S/C18H23N3/c1-14(2)21-12-6-9-17(21)15-10-11-18(19-13-15)20-16-7-4-3-5-8-16/h3-5,7-8,10-11,13-14,17H,6,9,12H2,1-2H3,(H,19,20). The number of hydrogen-bond donors (Lipinski definition) is 1. The molecule has 1 N–H and O–H groups in total. The third-order valence-electron chi connectivity index (χ3n) is 4.17. The number of pyridine rings is 1. The summed E-state index contributed by atoms with van der Waals surface area (Å²) in [5.41, 5.74) is 2.40. The molecule has 1 aromatic heterocycles. The summed E-state index contributed by atoms with van der Waals surface area (Å²) >= 11 is 0. The lowest BCUT2D eigenvalue weighted by Gasteiger charge is -2.28. The van der Waals surface area contributed by atoms with Crippen molar-refractivity contribution in [2.75, 3.05) is 11.9 Å². The lowest BCUT2D eigenvalue weighted by molar-refractivity contribution is 0.205. The summed E-state index contributed by atoms with van der Waals surface area (Å²) in [5, 5.41) is 3.33. The van der Waals surface area contributed by atoms with Gasteiger partial charge in [0.1, 0.15) is 5.82 Å². The van der Waals surface area contributed by atoms with Crippen molar-refractivity contribution in [3.05, 3.63) is 54.2 Å². The van der Waals surface area contributed by atoms with E-state index in [-0.39, 0.29) is 0 Å². The Bertz CT molecular complexity index is 563. The highest BCUT2D eigenvalue weighted by Crippen LogP contribution is 2.33. The lowest BCUT2D eigenvalue weighted by atomic mass is 10.1. The van der Waals surface area contributed by atoms with Crippen molar-refractivity contribution in [3.8, 4) is 0 Å². The molecule has 0 spiro atoms. The van der Waals surface area contributed by atoms with Crippen LogP contribution in [0.5, 0.6) is 0 Å². The Hall–Kier alpha value is -1.87. The van der Waals surface area contributed by atoms with E-state index in [2.05, 4.69) is 41.2 Å².